The van der Waals surface area contributed by atoms with Crippen molar-refractivity contribution in [2.24, 2.45) is 0 Å². The van der Waals surface area contributed by atoms with Gasteiger partial charge in [-0.15, -0.1) is 0 Å². The molecule has 0 aliphatic heterocycles. The molecule has 1 heterocycles. The number of nitrogens with zero attached hydrogens (tertiary/aromatic N) is 1. The first-order valence-electron chi connectivity index (χ1n) is 12.9. The minimum atomic E-state index is -1.44. The summed E-state index contributed by atoms with van der Waals surface area (Å²) in [5, 5.41) is 17.3. The second-order valence-corrected chi connectivity index (χ2v) is 12.7. The van der Waals surface area contributed by atoms with Crippen molar-refractivity contribution in [1.82, 2.24) is 10.2 Å². The molecule has 51 heavy (non-hydrogen) atoms. The van der Waals surface area contributed by atoms with E-state index in [1.807, 2.05) is 19.1 Å². The van der Waals surface area contributed by atoms with Crippen molar-refractivity contribution < 1.29 is 68.8 Å². The Morgan fingerprint density at radius 2 is 1.29 bits per heavy atom. The van der Waals surface area contributed by atoms with E-state index in [2.05, 4.69) is 80.0 Å². The Morgan fingerprint density at radius 3 is 1.73 bits per heavy atom. The zero-order valence-electron chi connectivity index (χ0n) is 27.2. The number of ketones is 1. The molecule has 0 aliphatic carbocycles. The SMILES string of the molecule is CC(=O)c1cc(Br)ccc1F.CC(O)c1cc(Br)ccc1F.Cc1[nH]nc2ccc(Br)cc12.N=N.O=Cc1cc(Br)ccc1F.[Br-].[CH3-].[HH].[Mg+2].[O]=[Mn]=[O]. The van der Waals surface area contributed by atoms with E-state index in [-0.39, 0.29) is 71.6 Å². The number of hydrogen-bond donors (Lipinski definition) is 4. The molecule has 5 rings (SSSR count). The molecule has 19 heteroatoms. The molecule has 0 fully saturated rings. The first kappa shape index (κ1) is 56.1. The number of Topliss-reactive ketones (excluding diaryl/α,β-unsaturated/α-hetero) is 1. The third kappa shape index (κ3) is 21.6. The summed E-state index contributed by atoms with van der Waals surface area (Å²) in [5.41, 5.74) is 12.7. The number of rotatable bonds is 3. The number of fused-ring (bicyclic) bond motifs is 1. The number of aryl methyl sites for hydroxylation is 1. The average molecular weight is 1090 g/mol. The van der Waals surface area contributed by atoms with Gasteiger partial charge in [0.1, 0.15) is 17.5 Å². The molecule has 0 aliphatic rings. The Balaban J connectivity index is -0.000000177. The first-order valence-corrected chi connectivity index (χ1v) is 17.0. The van der Waals surface area contributed by atoms with Crippen LogP contribution in [0.4, 0.5) is 13.2 Å². The first-order chi connectivity index (χ1) is 22.6. The van der Waals surface area contributed by atoms with Gasteiger partial charge in [0.05, 0.1) is 22.7 Å². The summed E-state index contributed by atoms with van der Waals surface area (Å²) in [4.78, 5) is 20.9. The van der Waals surface area contributed by atoms with Crippen LogP contribution in [0.5, 0.6) is 0 Å². The van der Waals surface area contributed by atoms with Crippen LogP contribution >= 0.6 is 63.7 Å². The zero-order valence-corrected chi connectivity index (χ0v) is 37.7. The molecule has 1 unspecified atom stereocenters. The van der Waals surface area contributed by atoms with E-state index in [1.165, 1.54) is 49.6 Å². The standard InChI is InChI=1S/C8H8BrFO.C8H6BrFO.C8H7BrN2.C7H4BrFO.CH3.BrH.Mg.Mn.H2N2.2O.H2/c2*1-5(11)7-4-6(9)2-3-8(7)10;1-5-7-4-6(9)2-3-8(7)11-10-5;8-6-1-2-7(9)5(3-6)4-10;;;;;1-2;;;/h2-5,11H,1H3;2-4H,1H3;2-4H,1H3,(H,10,11);1-4H;1H3;1H;;;1-2H;;;1H/q;;;;-1;;+2;;;;;/p-1. The van der Waals surface area contributed by atoms with Gasteiger partial charge in [0.25, 0.3) is 0 Å². The summed E-state index contributed by atoms with van der Waals surface area (Å²) in [7, 11) is 0. The fraction of sp³-hybridized carbons (Fsp3) is 0.125. The number of carbonyl (C=O) groups excluding carboxylic acids is 2. The molecule has 0 saturated carbocycles. The van der Waals surface area contributed by atoms with Crippen LogP contribution in [0, 0.1) is 42.9 Å². The Bertz CT molecular complexity index is 1860. The Labute approximate surface area is 361 Å². The summed E-state index contributed by atoms with van der Waals surface area (Å²) < 4.78 is 58.2. The summed E-state index contributed by atoms with van der Waals surface area (Å²) in [6.45, 7) is 4.89. The Kier molecular flexibility index (Phi) is 33.8. The topological polar surface area (TPSA) is 165 Å². The molecule has 0 bridgehead atoms. The number of carbonyl (C=O) groups is 2. The fourth-order valence-electron chi connectivity index (χ4n) is 3.32. The van der Waals surface area contributed by atoms with Gasteiger partial charge >= 0.3 is 45.5 Å². The number of benzene rings is 4. The molecular formula is C32H32Br5F3MgMnN4O5. The van der Waals surface area contributed by atoms with Gasteiger partial charge in [-0.2, -0.15) is 5.10 Å². The van der Waals surface area contributed by atoms with E-state index in [1.54, 1.807) is 24.3 Å². The van der Waals surface area contributed by atoms with Gasteiger partial charge in [-0.1, -0.05) is 63.7 Å². The van der Waals surface area contributed by atoms with Crippen LogP contribution in [-0.2, 0) is 22.5 Å². The predicted octanol–water partition coefficient (Wildman–Crippen LogP) is 8.14. The number of hydrogen-bond acceptors (Lipinski definition) is 8. The van der Waals surface area contributed by atoms with Crippen LogP contribution in [0.15, 0.2) is 90.7 Å². The van der Waals surface area contributed by atoms with Crippen molar-refractivity contribution in [3.8, 4) is 0 Å². The number of aldehydes is 1. The molecule has 0 saturated heterocycles. The second-order valence-electron chi connectivity index (χ2n) is 8.88. The van der Waals surface area contributed by atoms with Gasteiger partial charge in [-0.3, -0.25) is 14.7 Å². The molecule has 0 amide bonds. The van der Waals surface area contributed by atoms with Gasteiger partial charge in [0.15, 0.2) is 12.1 Å². The fourth-order valence-corrected chi connectivity index (χ4v) is 4.80. The zero-order chi connectivity index (χ0) is 37.0. The number of nitrogens with one attached hydrogen (secondary N) is 3. The van der Waals surface area contributed by atoms with Gasteiger partial charge in [0.2, 0.25) is 0 Å². The normalized spacial score (nSPS) is 9.39. The van der Waals surface area contributed by atoms with Crippen LogP contribution < -0.4 is 17.0 Å². The van der Waals surface area contributed by atoms with Crippen molar-refractivity contribution in [2.45, 2.75) is 26.9 Å². The van der Waals surface area contributed by atoms with Gasteiger partial charge in [-0.05, 0) is 93.6 Å². The van der Waals surface area contributed by atoms with Crippen molar-refractivity contribution in [3.63, 3.8) is 0 Å². The third-order valence-corrected chi connectivity index (χ3v) is 7.48. The summed E-state index contributed by atoms with van der Waals surface area (Å²) in [5.74, 6) is -1.59. The molecule has 4 N–H and O–H groups in total. The van der Waals surface area contributed by atoms with Crippen molar-refractivity contribution >= 4 is 110 Å². The van der Waals surface area contributed by atoms with E-state index < -0.39 is 32.6 Å². The van der Waals surface area contributed by atoms with Crippen LogP contribution in [0.2, 0.25) is 0 Å². The molecule has 275 valence electrons. The maximum atomic E-state index is 12.8. The molecule has 9 nitrogen and oxygen atoms in total. The molecule has 0 spiro atoms. The van der Waals surface area contributed by atoms with E-state index in [9.17, 15) is 22.8 Å². The van der Waals surface area contributed by atoms with Gasteiger partial charge in [-0.25, -0.2) is 24.2 Å². The monoisotopic (exact) mass is 1080 g/mol. The summed E-state index contributed by atoms with van der Waals surface area (Å²) in [6.07, 6.45) is -0.271. The Hall–Kier alpha value is -1.67. The number of aromatic amines is 1. The van der Waals surface area contributed by atoms with Crippen molar-refractivity contribution in [2.75, 3.05) is 0 Å². The van der Waals surface area contributed by atoms with Crippen molar-refractivity contribution in [3.05, 3.63) is 138 Å². The van der Waals surface area contributed by atoms with E-state index in [4.69, 9.17) is 23.8 Å². The minimum absolute atomic E-state index is 0. The number of halogens is 8. The van der Waals surface area contributed by atoms with E-state index in [0.717, 1.165) is 20.2 Å². The summed E-state index contributed by atoms with van der Waals surface area (Å²) in [6, 6.07) is 19.0. The average Bonchev–Trinajstić information content (AvgIpc) is 3.42. The van der Waals surface area contributed by atoms with Crippen LogP contribution in [0.1, 0.15) is 53.4 Å². The van der Waals surface area contributed by atoms with Crippen LogP contribution in [0.3, 0.4) is 0 Å². The van der Waals surface area contributed by atoms with Gasteiger partial charge < -0.3 is 29.5 Å². The third-order valence-electron chi connectivity index (χ3n) is 5.51. The number of aliphatic hydroxyl groups is 1. The van der Waals surface area contributed by atoms with E-state index in [0.29, 0.717) is 20.8 Å². The number of aromatic nitrogens is 2. The molecule has 4 aromatic carbocycles. The summed E-state index contributed by atoms with van der Waals surface area (Å²) >= 11 is 11.4. The van der Waals surface area contributed by atoms with Crippen LogP contribution in [0.25, 0.3) is 10.9 Å². The number of H-pyrrole nitrogens is 1. The Morgan fingerprint density at radius 1 is 0.863 bits per heavy atom. The molecule has 5 aromatic rings. The predicted molar refractivity (Wildman–Crippen MR) is 198 cm³/mol. The maximum absolute atomic E-state index is 12.8. The van der Waals surface area contributed by atoms with Crippen molar-refractivity contribution in [1.29, 1.82) is 11.1 Å². The number of aliphatic hydroxyl groups excluding tert-OH is 1. The molecular weight excluding hydrogens is 1060 g/mol. The molecule has 1 atom stereocenters. The van der Waals surface area contributed by atoms with E-state index >= 15 is 0 Å². The molecule has 0 radical (unpaired) electrons. The quantitative estimate of drug-likeness (QED) is 0.0469. The molecule has 1 aromatic heterocycles. The van der Waals surface area contributed by atoms with Gasteiger partial charge in [0, 0.05) is 36.0 Å². The van der Waals surface area contributed by atoms with Crippen LogP contribution in [-0.4, -0.2) is 50.4 Å². The second kappa shape index (κ2) is 30.8.